The lowest BCUT2D eigenvalue weighted by Crippen LogP contribution is -2.58. The van der Waals surface area contributed by atoms with E-state index in [0.717, 1.165) is 37.7 Å². The molecular weight excluding hydrogens is 612 g/mol. The van der Waals surface area contributed by atoms with Gasteiger partial charge in [-0.05, 0) is 76.0 Å². The first-order valence-electron chi connectivity index (χ1n) is 17.3. The van der Waals surface area contributed by atoms with Gasteiger partial charge < -0.3 is 30.3 Å². The molecule has 0 spiro atoms. The number of nitrogens with one attached hydrogen (secondary N) is 3. The third kappa shape index (κ3) is 10.3. The molecule has 262 valence electrons. The Hall–Kier alpha value is -3.99. The number of ether oxygens (including phenoxy) is 2. The molecule has 2 heterocycles. The highest BCUT2D eigenvalue weighted by Crippen LogP contribution is 2.32. The van der Waals surface area contributed by atoms with E-state index in [1.54, 1.807) is 6.08 Å². The van der Waals surface area contributed by atoms with E-state index in [1.165, 1.54) is 11.0 Å². The Morgan fingerprint density at radius 3 is 2.60 bits per heavy atom. The van der Waals surface area contributed by atoms with Crippen molar-refractivity contribution in [2.45, 2.75) is 114 Å². The summed E-state index contributed by atoms with van der Waals surface area (Å²) in [5, 5.41) is 8.31. The summed E-state index contributed by atoms with van der Waals surface area (Å²) in [6, 6.07) is 4.54. The van der Waals surface area contributed by atoms with Crippen LogP contribution in [-0.4, -0.2) is 83.8 Å². The Morgan fingerprint density at radius 2 is 1.88 bits per heavy atom. The summed E-state index contributed by atoms with van der Waals surface area (Å²) >= 11 is 0. The van der Waals surface area contributed by atoms with Gasteiger partial charge in [0.25, 0.3) is 5.91 Å². The number of carbonyl (C=O) groups is 5. The largest absolute Gasteiger partial charge is 0.494 e. The number of nitrogens with zero attached hydrogens (tertiary/aromatic N) is 1. The minimum atomic E-state index is -1.11. The van der Waals surface area contributed by atoms with Crippen LogP contribution in [0.5, 0.6) is 5.75 Å². The smallest absolute Gasteiger partial charge is 0.289 e. The second-order valence-corrected chi connectivity index (χ2v) is 13.8. The molecular formula is C37H52N4O7. The highest BCUT2D eigenvalue weighted by Gasteiger charge is 2.46. The van der Waals surface area contributed by atoms with Gasteiger partial charge in [-0.2, -0.15) is 0 Å². The third-order valence-electron chi connectivity index (χ3n) is 9.42. The number of hydrogen-bond acceptors (Lipinski definition) is 7. The molecule has 1 saturated heterocycles. The topological polar surface area (TPSA) is 143 Å². The average molecular weight is 665 g/mol. The molecule has 11 heteroatoms. The number of allylic oxidation sites excluding steroid dienone is 1. The van der Waals surface area contributed by atoms with Gasteiger partial charge in [0, 0.05) is 19.5 Å². The van der Waals surface area contributed by atoms with Crippen molar-refractivity contribution in [2.24, 2.45) is 5.92 Å². The first-order valence-corrected chi connectivity index (χ1v) is 17.3. The van der Waals surface area contributed by atoms with Crippen LogP contribution in [0.15, 0.2) is 49.6 Å². The zero-order valence-electron chi connectivity index (χ0n) is 28.5. The maximum absolute atomic E-state index is 14.6. The molecule has 0 radical (unpaired) electrons. The molecule has 4 bridgehead atoms. The molecule has 3 aliphatic rings. The van der Waals surface area contributed by atoms with Crippen LogP contribution in [-0.2, 0) is 35.1 Å². The van der Waals surface area contributed by atoms with Crippen molar-refractivity contribution in [1.29, 1.82) is 0 Å². The van der Waals surface area contributed by atoms with Crippen LogP contribution in [0.2, 0.25) is 0 Å². The Kier molecular flexibility index (Phi) is 13.4. The fourth-order valence-corrected chi connectivity index (χ4v) is 6.99. The number of amides is 4. The Labute approximate surface area is 284 Å². The molecule has 1 aromatic carbocycles. The van der Waals surface area contributed by atoms with Crippen molar-refractivity contribution in [1.82, 2.24) is 20.9 Å². The number of ketones is 1. The van der Waals surface area contributed by atoms with Crippen molar-refractivity contribution in [3.05, 3.63) is 55.1 Å². The number of benzene rings is 1. The lowest BCUT2D eigenvalue weighted by molar-refractivity contribution is -0.144. The van der Waals surface area contributed by atoms with Crippen LogP contribution >= 0.6 is 0 Å². The lowest BCUT2D eigenvalue weighted by atomic mass is 9.83. The van der Waals surface area contributed by atoms with Crippen LogP contribution in [0, 0.1) is 5.92 Å². The van der Waals surface area contributed by atoms with Crippen LogP contribution in [0.25, 0.3) is 0 Å². The fourth-order valence-electron chi connectivity index (χ4n) is 6.99. The highest BCUT2D eigenvalue weighted by molar-refractivity contribution is 6.38. The predicted octanol–water partition coefficient (Wildman–Crippen LogP) is 3.55. The van der Waals surface area contributed by atoms with Gasteiger partial charge in [0.1, 0.15) is 17.8 Å². The molecule has 1 saturated carbocycles. The van der Waals surface area contributed by atoms with E-state index in [1.807, 2.05) is 38.1 Å². The number of hydrogen-bond donors (Lipinski definition) is 3. The van der Waals surface area contributed by atoms with E-state index in [2.05, 4.69) is 29.1 Å². The molecule has 4 atom stereocenters. The summed E-state index contributed by atoms with van der Waals surface area (Å²) in [4.78, 5) is 69.3. The summed E-state index contributed by atoms with van der Waals surface area (Å²) in [6.07, 6.45) is 9.40. The molecule has 1 aromatic rings. The van der Waals surface area contributed by atoms with E-state index >= 15 is 0 Å². The van der Waals surface area contributed by atoms with Crippen molar-refractivity contribution in [3.63, 3.8) is 0 Å². The summed E-state index contributed by atoms with van der Waals surface area (Å²) in [5.41, 5.74) is 0.200. The lowest BCUT2D eigenvalue weighted by Gasteiger charge is -2.35. The number of Topliss-reactive ketones (excluding diaryl/α,β-unsaturated/α-hetero) is 1. The average Bonchev–Trinajstić information content (AvgIpc) is 3.49. The molecule has 1 aliphatic carbocycles. The summed E-state index contributed by atoms with van der Waals surface area (Å²) in [6.45, 7) is 12.0. The maximum atomic E-state index is 14.6. The Bertz CT molecular complexity index is 1340. The predicted molar refractivity (Wildman–Crippen MR) is 182 cm³/mol. The van der Waals surface area contributed by atoms with Crippen molar-refractivity contribution in [3.8, 4) is 5.75 Å². The third-order valence-corrected chi connectivity index (χ3v) is 9.42. The number of fused-ring (bicyclic) bond motifs is 4. The van der Waals surface area contributed by atoms with Gasteiger partial charge in [0.05, 0.1) is 30.8 Å². The molecule has 4 rings (SSSR count). The maximum Gasteiger partial charge on any atom is 0.289 e. The summed E-state index contributed by atoms with van der Waals surface area (Å²) < 4.78 is 12.6. The number of carbonyl (C=O) groups excluding carboxylic acids is 5. The van der Waals surface area contributed by atoms with Gasteiger partial charge in [-0.15, -0.1) is 13.2 Å². The SMILES string of the molecule is C=CCCC(NC(=O)[C@@H]1C[C@@H]2CN1C(=O)[C@@H](C1CCCCC1)NC(=O)Cc1cccc(c1)OCCCC(C)(C)O2)C(=O)C(=O)NCC=C. The quantitative estimate of drug-likeness (QED) is 0.257. The first kappa shape index (κ1) is 36.8. The van der Waals surface area contributed by atoms with E-state index in [4.69, 9.17) is 9.47 Å². The van der Waals surface area contributed by atoms with E-state index in [-0.39, 0.29) is 50.1 Å². The van der Waals surface area contributed by atoms with Crippen LogP contribution in [0.1, 0.15) is 83.6 Å². The zero-order chi connectivity index (χ0) is 34.7. The van der Waals surface area contributed by atoms with Crippen molar-refractivity contribution in [2.75, 3.05) is 19.7 Å². The first-order chi connectivity index (χ1) is 23.0. The second kappa shape index (κ2) is 17.4. The number of rotatable bonds is 10. The van der Waals surface area contributed by atoms with Crippen LogP contribution in [0.3, 0.4) is 0 Å². The second-order valence-electron chi connectivity index (χ2n) is 13.8. The molecule has 11 nitrogen and oxygen atoms in total. The highest BCUT2D eigenvalue weighted by atomic mass is 16.5. The molecule has 2 fully saturated rings. The minimum absolute atomic E-state index is 0.0807. The van der Waals surface area contributed by atoms with Gasteiger partial charge in [-0.1, -0.05) is 43.5 Å². The minimum Gasteiger partial charge on any atom is -0.494 e. The summed E-state index contributed by atoms with van der Waals surface area (Å²) in [5.74, 6) is -2.16. The zero-order valence-corrected chi connectivity index (χ0v) is 28.5. The fraction of sp³-hybridized carbons (Fsp3) is 0.595. The molecule has 0 aromatic heterocycles. The molecule has 1 unspecified atom stereocenters. The monoisotopic (exact) mass is 664 g/mol. The standard InChI is InChI=1S/C37H52N4O7/c1-5-7-17-29(33(43)35(45)38-19-6-2)39-34(44)30-23-28-24-41(30)36(46)32(26-14-9-8-10-15-26)40-31(42)22-25-13-11-16-27(21-25)47-20-12-18-37(3,4)48-28/h5-6,11,13,16,21,26,28-30,32H,1-2,7-10,12,14-15,17-20,22-24H2,3-4H3,(H,38,45)(H,39,44)(H,40,42)/t28-,29?,30+,32-/m1/s1. The molecule has 48 heavy (non-hydrogen) atoms. The van der Waals surface area contributed by atoms with Gasteiger partial charge >= 0.3 is 0 Å². The van der Waals surface area contributed by atoms with Gasteiger partial charge in [0.2, 0.25) is 23.5 Å². The van der Waals surface area contributed by atoms with Gasteiger partial charge in [-0.3, -0.25) is 24.0 Å². The van der Waals surface area contributed by atoms with Gasteiger partial charge in [-0.25, -0.2) is 0 Å². The Balaban J connectivity index is 1.65. The van der Waals surface area contributed by atoms with Crippen LogP contribution in [0.4, 0.5) is 0 Å². The summed E-state index contributed by atoms with van der Waals surface area (Å²) in [7, 11) is 0. The van der Waals surface area contributed by atoms with Crippen molar-refractivity contribution >= 4 is 29.4 Å². The van der Waals surface area contributed by atoms with E-state index < -0.39 is 47.4 Å². The Morgan fingerprint density at radius 1 is 1.10 bits per heavy atom. The van der Waals surface area contributed by atoms with Crippen molar-refractivity contribution < 1.29 is 33.4 Å². The van der Waals surface area contributed by atoms with E-state index in [9.17, 15) is 24.0 Å². The molecule has 3 N–H and O–H groups in total. The van der Waals surface area contributed by atoms with E-state index in [0.29, 0.717) is 31.6 Å². The molecule has 2 aliphatic heterocycles. The normalized spacial score (nSPS) is 24.3. The molecule has 4 amide bonds. The van der Waals surface area contributed by atoms with Gasteiger partial charge in [0.15, 0.2) is 0 Å². The van der Waals surface area contributed by atoms with Crippen LogP contribution < -0.4 is 20.7 Å².